The Morgan fingerprint density at radius 3 is 2.70 bits per heavy atom. The fourth-order valence-electron chi connectivity index (χ4n) is 3.67. The topological polar surface area (TPSA) is 20.3 Å². The molecule has 2 bridgehead atoms. The minimum Gasteiger partial charge on any atom is -0.303 e. The summed E-state index contributed by atoms with van der Waals surface area (Å²) in [4.78, 5) is 14.7. The molecule has 0 N–H and O–H groups in total. The molecule has 1 heterocycles. The molecule has 20 heavy (non-hydrogen) atoms. The van der Waals surface area contributed by atoms with Gasteiger partial charge in [-0.25, -0.2) is 0 Å². The van der Waals surface area contributed by atoms with Gasteiger partial charge in [-0.05, 0) is 49.8 Å². The number of benzene rings is 1. The first kappa shape index (κ1) is 14.3. The molecule has 1 aromatic rings. The number of fused-ring (bicyclic) bond motifs is 2. The highest BCUT2D eigenvalue weighted by molar-refractivity contribution is 9.10. The third kappa shape index (κ3) is 3.50. The van der Waals surface area contributed by atoms with Gasteiger partial charge in [0.1, 0.15) is 0 Å². The molecule has 108 valence electrons. The first-order valence-corrected chi connectivity index (χ1v) is 8.51. The van der Waals surface area contributed by atoms with Crippen molar-refractivity contribution in [2.45, 2.75) is 32.1 Å². The van der Waals surface area contributed by atoms with Crippen molar-refractivity contribution in [3.63, 3.8) is 0 Å². The number of ketones is 1. The number of nitrogens with zero attached hydrogens (tertiary/aromatic N) is 1. The lowest BCUT2D eigenvalue weighted by Gasteiger charge is -2.24. The normalized spacial score (nSPS) is 26.4. The van der Waals surface area contributed by atoms with Crippen LogP contribution in [0.5, 0.6) is 0 Å². The Labute approximate surface area is 129 Å². The lowest BCUT2D eigenvalue weighted by atomic mass is 10.0. The fraction of sp³-hybridized carbons (Fsp3) is 0.588. The predicted octanol–water partition coefficient (Wildman–Crippen LogP) is 4.14. The second-order valence-electron chi connectivity index (χ2n) is 6.31. The van der Waals surface area contributed by atoms with E-state index in [2.05, 4.69) is 20.8 Å². The largest absolute Gasteiger partial charge is 0.303 e. The standard InChI is InChI=1S/C17H22BrNO/c18-16-5-3-15(4-6-16)17(20)8-10-19-9-7-13-1-2-14(11-13)12-19/h3-6,13-14H,1-2,7-12H2/t13-,14-/m0/s1. The molecule has 0 radical (unpaired) electrons. The maximum absolute atomic E-state index is 12.2. The molecule has 1 aromatic carbocycles. The molecule has 0 unspecified atom stereocenters. The average Bonchev–Trinajstić information content (AvgIpc) is 2.78. The van der Waals surface area contributed by atoms with Crippen LogP contribution in [0.2, 0.25) is 0 Å². The maximum Gasteiger partial charge on any atom is 0.164 e. The molecule has 2 nitrogen and oxygen atoms in total. The zero-order chi connectivity index (χ0) is 13.9. The zero-order valence-electron chi connectivity index (χ0n) is 11.9. The van der Waals surface area contributed by atoms with E-state index in [0.29, 0.717) is 6.42 Å². The Balaban J connectivity index is 1.51. The number of hydrogen-bond acceptors (Lipinski definition) is 2. The van der Waals surface area contributed by atoms with E-state index in [9.17, 15) is 4.79 Å². The minimum atomic E-state index is 0.270. The Kier molecular flexibility index (Phi) is 4.57. The lowest BCUT2D eigenvalue weighted by molar-refractivity contribution is 0.0960. The molecule has 3 heteroatoms. The van der Waals surface area contributed by atoms with E-state index in [1.54, 1.807) is 0 Å². The molecule has 1 aliphatic heterocycles. The monoisotopic (exact) mass is 335 g/mol. The van der Waals surface area contributed by atoms with Crippen molar-refractivity contribution in [2.24, 2.45) is 11.8 Å². The Hall–Kier alpha value is -0.670. The molecule has 2 aliphatic rings. The van der Waals surface area contributed by atoms with Crippen molar-refractivity contribution < 1.29 is 4.79 Å². The van der Waals surface area contributed by atoms with Crippen LogP contribution in [0, 0.1) is 11.8 Å². The summed E-state index contributed by atoms with van der Waals surface area (Å²) >= 11 is 3.40. The summed E-state index contributed by atoms with van der Waals surface area (Å²) in [6, 6.07) is 7.71. The smallest absolute Gasteiger partial charge is 0.164 e. The molecule has 1 saturated heterocycles. The molecule has 1 saturated carbocycles. The number of hydrogen-bond donors (Lipinski definition) is 0. The van der Waals surface area contributed by atoms with Gasteiger partial charge in [-0.15, -0.1) is 0 Å². The number of likely N-dealkylation sites (tertiary alicyclic amines) is 1. The van der Waals surface area contributed by atoms with Gasteiger partial charge in [-0.1, -0.05) is 34.5 Å². The highest BCUT2D eigenvalue weighted by Crippen LogP contribution is 2.36. The summed E-state index contributed by atoms with van der Waals surface area (Å²) in [5.41, 5.74) is 0.838. The van der Waals surface area contributed by atoms with Crippen molar-refractivity contribution in [1.29, 1.82) is 0 Å². The average molecular weight is 336 g/mol. The molecule has 0 aromatic heterocycles. The Morgan fingerprint density at radius 2 is 1.90 bits per heavy atom. The molecule has 0 spiro atoms. The summed E-state index contributed by atoms with van der Waals surface area (Å²) in [6.45, 7) is 3.33. The van der Waals surface area contributed by atoms with E-state index in [1.165, 1.54) is 38.8 Å². The molecule has 2 atom stereocenters. The van der Waals surface area contributed by atoms with E-state index in [4.69, 9.17) is 0 Å². The second kappa shape index (κ2) is 6.40. The Bertz CT molecular complexity index is 470. The van der Waals surface area contributed by atoms with E-state index in [-0.39, 0.29) is 5.78 Å². The van der Waals surface area contributed by atoms with Crippen LogP contribution in [0.15, 0.2) is 28.7 Å². The first-order chi connectivity index (χ1) is 9.70. The van der Waals surface area contributed by atoms with Crippen LogP contribution in [0.3, 0.4) is 0 Å². The summed E-state index contributed by atoms with van der Waals surface area (Å²) in [5, 5.41) is 0. The summed E-state index contributed by atoms with van der Waals surface area (Å²) < 4.78 is 1.03. The summed E-state index contributed by atoms with van der Waals surface area (Å²) in [7, 11) is 0. The molecular weight excluding hydrogens is 314 g/mol. The quantitative estimate of drug-likeness (QED) is 0.770. The van der Waals surface area contributed by atoms with Gasteiger partial charge < -0.3 is 4.90 Å². The number of halogens is 1. The van der Waals surface area contributed by atoms with Crippen LogP contribution in [0.25, 0.3) is 0 Å². The van der Waals surface area contributed by atoms with Crippen molar-refractivity contribution in [3.05, 3.63) is 34.3 Å². The second-order valence-corrected chi connectivity index (χ2v) is 7.23. The van der Waals surface area contributed by atoms with Crippen molar-refractivity contribution in [1.82, 2.24) is 4.90 Å². The molecule has 0 amide bonds. The van der Waals surface area contributed by atoms with Crippen LogP contribution in [-0.4, -0.2) is 30.3 Å². The van der Waals surface area contributed by atoms with Crippen LogP contribution >= 0.6 is 15.9 Å². The van der Waals surface area contributed by atoms with E-state index in [1.807, 2.05) is 24.3 Å². The van der Waals surface area contributed by atoms with Gasteiger partial charge in [0.25, 0.3) is 0 Å². The van der Waals surface area contributed by atoms with Crippen LogP contribution in [0.4, 0.5) is 0 Å². The van der Waals surface area contributed by atoms with E-state index < -0.39 is 0 Å². The summed E-state index contributed by atoms with van der Waals surface area (Å²) in [5.74, 6) is 2.13. The lowest BCUT2D eigenvalue weighted by Crippen LogP contribution is -2.31. The number of rotatable bonds is 4. The van der Waals surface area contributed by atoms with Crippen molar-refractivity contribution in [2.75, 3.05) is 19.6 Å². The maximum atomic E-state index is 12.2. The number of carbonyl (C=O) groups is 1. The zero-order valence-corrected chi connectivity index (χ0v) is 13.4. The van der Waals surface area contributed by atoms with Crippen LogP contribution in [0.1, 0.15) is 42.5 Å². The first-order valence-electron chi connectivity index (χ1n) is 7.72. The van der Waals surface area contributed by atoms with Gasteiger partial charge in [0, 0.05) is 29.5 Å². The third-order valence-electron chi connectivity index (χ3n) is 4.84. The van der Waals surface area contributed by atoms with Gasteiger partial charge in [0.15, 0.2) is 5.78 Å². The number of Topliss-reactive ketones (excluding diaryl/α,β-unsaturated/α-hetero) is 1. The molecule has 2 fully saturated rings. The fourth-order valence-corrected chi connectivity index (χ4v) is 3.94. The van der Waals surface area contributed by atoms with Crippen LogP contribution in [-0.2, 0) is 0 Å². The van der Waals surface area contributed by atoms with Gasteiger partial charge >= 0.3 is 0 Å². The van der Waals surface area contributed by atoms with Crippen molar-refractivity contribution in [3.8, 4) is 0 Å². The predicted molar refractivity (Wildman–Crippen MR) is 85.0 cm³/mol. The van der Waals surface area contributed by atoms with Crippen LogP contribution < -0.4 is 0 Å². The molecule has 3 rings (SSSR count). The summed E-state index contributed by atoms with van der Waals surface area (Å²) in [6.07, 6.45) is 6.26. The van der Waals surface area contributed by atoms with Gasteiger partial charge in [-0.2, -0.15) is 0 Å². The highest BCUT2D eigenvalue weighted by atomic mass is 79.9. The van der Waals surface area contributed by atoms with Gasteiger partial charge in [0.2, 0.25) is 0 Å². The van der Waals surface area contributed by atoms with Gasteiger partial charge in [-0.3, -0.25) is 4.79 Å². The van der Waals surface area contributed by atoms with E-state index in [0.717, 1.165) is 28.4 Å². The Morgan fingerprint density at radius 1 is 1.15 bits per heavy atom. The van der Waals surface area contributed by atoms with Crippen molar-refractivity contribution >= 4 is 21.7 Å². The van der Waals surface area contributed by atoms with E-state index >= 15 is 0 Å². The third-order valence-corrected chi connectivity index (χ3v) is 5.37. The number of carbonyl (C=O) groups excluding carboxylic acids is 1. The molecule has 1 aliphatic carbocycles. The molecular formula is C17H22BrNO. The highest BCUT2D eigenvalue weighted by Gasteiger charge is 2.29. The SMILES string of the molecule is O=C(CCN1CC[C@@H]2CC[C@@H](C2)C1)c1ccc(Br)cc1. The minimum absolute atomic E-state index is 0.270. The van der Waals surface area contributed by atoms with Gasteiger partial charge in [0.05, 0.1) is 0 Å².